The molecule has 0 aliphatic carbocycles. The maximum Gasteiger partial charge on any atom is 0.357 e. The van der Waals surface area contributed by atoms with Crippen LogP contribution in [0.1, 0.15) is 37.5 Å². The van der Waals surface area contributed by atoms with Crippen molar-refractivity contribution in [3.05, 3.63) is 76.6 Å². The minimum absolute atomic E-state index is 0.00358. The Labute approximate surface area is 168 Å². The number of hydrogen-bond acceptors (Lipinski definition) is 5. The van der Waals surface area contributed by atoms with E-state index in [0.717, 1.165) is 11.1 Å². The molecule has 1 heterocycles. The number of carbonyl (C=O) groups is 2. The van der Waals surface area contributed by atoms with Gasteiger partial charge in [-0.05, 0) is 49.2 Å². The number of aryl methyl sites for hydroxylation is 2. The number of nitrogens with two attached hydrogens (primary N) is 1. The largest absolute Gasteiger partial charge is 0.464 e. The molecule has 29 heavy (non-hydrogen) atoms. The van der Waals surface area contributed by atoms with E-state index in [-0.39, 0.29) is 22.9 Å². The van der Waals surface area contributed by atoms with Gasteiger partial charge in [0.25, 0.3) is 5.91 Å². The van der Waals surface area contributed by atoms with Gasteiger partial charge in [-0.3, -0.25) is 4.79 Å². The predicted molar refractivity (Wildman–Crippen MR) is 110 cm³/mol. The van der Waals surface area contributed by atoms with Gasteiger partial charge in [-0.1, -0.05) is 18.2 Å². The quantitative estimate of drug-likeness (QED) is 0.664. The molecule has 2 aromatic carbocycles. The van der Waals surface area contributed by atoms with Crippen LogP contribution in [0.25, 0.3) is 5.69 Å². The molecule has 0 saturated heterocycles. The Morgan fingerprint density at radius 3 is 2.41 bits per heavy atom. The molecule has 3 N–H and O–H groups in total. The average Bonchev–Trinajstić information content (AvgIpc) is 3.02. The van der Waals surface area contributed by atoms with E-state index in [1.165, 1.54) is 17.9 Å². The lowest BCUT2D eigenvalue weighted by Gasteiger charge is -2.14. The number of anilines is 2. The number of methoxy groups -OCH3 is 1. The molecule has 0 spiro atoms. The first kappa shape index (κ1) is 19.7. The van der Waals surface area contributed by atoms with Crippen molar-refractivity contribution in [1.82, 2.24) is 4.57 Å². The van der Waals surface area contributed by atoms with Crippen LogP contribution in [-0.2, 0) is 4.74 Å². The molecule has 146 valence electrons. The van der Waals surface area contributed by atoms with Crippen LogP contribution in [0.15, 0.2) is 48.7 Å². The fraction of sp³-hybridized carbons (Fsp3) is 0.136. The van der Waals surface area contributed by atoms with E-state index in [9.17, 15) is 14.9 Å². The number of esters is 1. The van der Waals surface area contributed by atoms with Gasteiger partial charge < -0.3 is 20.4 Å². The Morgan fingerprint density at radius 2 is 1.79 bits per heavy atom. The molecule has 1 aromatic heterocycles. The second-order valence-electron chi connectivity index (χ2n) is 6.63. The first-order valence-corrected chi connectivity index (χ1v) is 8.84. The average molecular weight is 388 g/mol. The molecule has 3 aromatic rings. The van der Waals surface area contributed by atoms with E-state index in [0.29, 0.717) is 16.9 Å². The Morgan fingerprint density at radius 1 is 1.14 bits per heavy atom. The number of amides is 1. The fourth-order valence-electron chi connectivity index (χ4n) is 3.23. The van der Waals surface area contributed by atoms with E-state index >= 15 is 0 Å². The summed E-state index contributed by atoms with van der Waals surface area (Å²) in [4.78, 5) is 25.3. The number of ether oxygens (including phenoxy) is 1. The highest BCUT2D eigenvalue weighted by Gasteiger charge is 2.24. The Kier molecular flexibility index (Phi) is 5.37. The third-order valence-electron chi connectivity index (χ3n) is 4.43. The van der Waals surface area contributed by atoms with Crippen LogP contribution in [0.4, 0.5) is 11.4 Å². The molecule has 0 aliphatic rings. The lowest BCUT2D eigenvalue weighted by atomic mass is 10.1. The molecule has 3 rings (SSSR count). The van der Waals surface area contributed by atoms with E-state index < -0.39 is 5.97 Å². The standard InChI is InChI=1S/C22H20N4O3/c1-13-8-14(2)10-16(9-13)25-21(27)17-6-4-5-7-18(17)26-12-15(11-23)19(24)20(26)22(28)29-3/h4-10,12H,24H2,1-3H3,(H,25,27). The Balaban J connectivity index is 2.10. The zero-order valence-corrected chi connectivity index (χ0v) is 16.3. The summed E-state index contributed by atoms with van der Waals surface area (Å²) < 4.78 is 6.22. The number of nitriles is 1. The van der Waals surface area contributed by atoms with Crippen molar-refractivity contribution in [3.8, 4) is 11.8 Å². The number of nitrogens with one attached hydrogen (secondary N) is 1. The van der Waals surface area contributed by atoms with Crippen LogP contribution in [-0.4, -0.2) is 23.6 Å². The van der Waals surface area contributed by atoms with Gasteiger partial charge in [0.1, 0.15) is 6.07 Å². The predicted octanol–water partition coefficient (Wildman–Crippen LogP) is 3.59. The third kappa shape index (κ3) is 3.82. The lowest BCUT2D eigenvalue weighted by Crippen LogP contribution is -2.17. The summed E-state index contributed by atoms with van der Waals surface area (Å²) in [7, 11) is 1.23. The van der Waals surface area contributed by atoms with Gasteiger partial charge >= 0.3 is 5.97 Å². The Bertz CT molecular complexity index is 1140. The second-order valence-corrected chi connectivity index (χ2v) is 6.63. The number of para-hydroxylation sites is 1. The SMILES string of the molecule is COC(=O)c1c(N)c(C#N)cn1-c1ccccc1C(=O)Nc1cc(C)cc(C)c1. The topological polar surface area (TPSA) is 110 Å². The van der Waals surface area contributed by atoms with Crippen molar-refractivity contribution in [1.29, 1.82) is 5.26 Å². The maximum absolute atomic E-state index is 13.0. The fourth-order valence-corrected chi connectivity index (χ4v) is 3.23. The van der Waals surface area contributed by atoms with Crippen molar-refractivity contribution >= 4 is 23.3 Å². The van der Waals surface area contributed by atoms with Gasteiger partial charge in [-0.2, -0.15) is 5.26 Å². The van der Waals surface area contributed by atoms with Crippen LogP contribution in [0.2, 0.25) is 0 Å². The van der Waals surface area contributed by atoms with Gasteiger partial charge in [-0.15, -0.1) is 0 Å². The van der Waals surface area contributed by atoms with E-state index in [1.807, 2.05) is 38.1 Å². The number of nitrogens with zero attached hydrogens (tertiary/aromatic N) is 2. The van der Waals surface area contributed by atoms with Crippen molar-refractivity contribution < 1.29 is 14.3 Å². The number of benzene rings is 2. The third-order valence-corrected chi connectivity index (χ3v) is 4.43. The van der Waals surface area contributed by atoms with Crippen LogP contribution < -0.4 is 11.1 Å². The van der Waals surface area contributed by atoms with Gasteiger partial charge in [0.05, 0.1) is 29.6 Å². The molecule has 0 bridgehead atoms. The van der Waals surface area contributed by atoms with Crippen molar-refractivity contribution in [3.63, 3.8) is 0 Å². The van der Waals surface area contributed by atoms with Crippen LogP contribution >= 0.6 is 0 Å². The maximum atomic E-state index is 13.0. The highest BCUT2D eigenvalue weighted by atomic mass is 16.5. The molecule has 7 nitrogen and oxygen atoms in total. The molecule has 0 radical (unpaired) electrons. The van der Waals surface area contributed by atoms with Gasteiger partial charge in [0.15, 0.2) is 5.69 Å². The van der Waals surface area contributed by atoms with Gasteiger partial charge in [-0.25, -0.2) is 4.79 Å². The molecule has 1 amide bonds. The molecule has 0 saturated carbocycles. The number of aromatic nitrogens is 1. The summed E-state index contributed by atoms with van der Waals surface area (Å²) in [5.41, 5.74) is 9.53. The zero-order chi connectivity index (χ0) is 21.1. The molecular weight excluding hydrogens is 368 g/mol. The lowest BCUT2D eigenvalue weighted by molar-refractivity contribution is 0.0592. The summed E-state index contributed by atoms with van der Waals surface area (Å²) in [5, 5.41) is 12.2. The van der Waals surface area contributed by atoms with E-state index in [2.05, 4.69) is 5.32 Å². The van der Waals surface area contributed by atoms with Gasteiger partial charge in [0.2, 0.25) is 0 Å². The molecule has 0 fully saturated rings. The van der Waals surface area contributed by atoms with Crippen LogP contribution in [0, 0.1) is 25.2 Å². The number of nitrogen functional groups attached to an aromatic ring is 1. The minimum Gasteiger partial charge on any atom is -0.464 e. The zero-order valence-electron chi connectivity index (χ0n) is 16.3. The van der Waals surface area contributed by atoms with Gasteiger partial charge in [0, 0.05) is 11.9 Å². The molecule has 0 unspecified atom stereocenters. The van der Waals surface area contributed by atoms with Crippen LogP contribution in [0.5, 0.6) is 0 Å². The van der Waals surface area contributed by atoms with Crippen molar-refractivity contribution in [2.75, 3.05) is 18.2 Å². The molecule has 7 heteroatoms. The summed E-state index contributed by atoms with van der Waals surface area (Å²) >= 11 is 0. The Hall–Kier alpha value is -4.05. The number of hydrogen-bond donors (Lipinski definition) is 2. The smallest absolute Gasteiger partial charge is 0.357 e. The minimum atomic E-state index is -0.700. The molecule has 0 atom stereocenters. The van der Waals surface area contributed by atoms with E-state index in [1.54, 1.807) is 24.3 Å². The monoisotopic (exact) mass is 388 g/mol. The first-order valence-electron chi connectivity index (χ1n) is 8.84. The highest BCUT2D eigenvalue weighted by Crippen LogP contribution is 2.27. The second kappa shape index (κ2) is 7.90. The highest BCUT2D eigenvalue weighted by molar-refractivity contribution is 6.07. The summed E-state index contributed by atoms with van der Waals surface area (Å²) in [5.74, 6) is -1.05. The van der Waals surface area contributed by atoms with Crippen LogP contribution in [0.3, 0.4) is 0 Å². The summed E-state index contributed by atoms with van der Waals surface area (Å²) in [6.45, 7) is 3.90. The molecular formula is C22H20N4O3. The van der Waals surface area contributed by atoms with Crippen molar-refractivity contribution in [2.24, 2.45) is 0 Å². The number of rotatable bonds is 4. The summed E-state index contributed by atoms with van der Waals surface area (Å²) in [6, 6.07) is 14.5. The summed E-state index contributed by atoms with van der Waals surface area (Å²) in [6.07, 6.45) is 1.42. The van der Waals surface area contributed by atoms with Crippen molar-refractivity contribution in [2.45, 2.75) is 13.8 Å². The number of carbonyl (C=O) groups excluding carboxylic acids is 2. The normalized spacial score (nSPS) is 10.3. The first-order chi connectivity index (χ1) is 13.8. The molecule has 0 aliphatic heterocycles. The van der Waals surface area contributed by atoms with E-state index in [4.69, 9.17) is 10.5 Å².